The van der Waals surface area contributed by atoms with E-state index in [4.69, 9.17) is 0 Å². The molecule has 0 aliphatic rings. The Labute approximate surface area is 137 Å². The number of hydrogen-bond donors (Lipinski definition) is 1. The van der Waals surface area contributed by atoms with Crippen LogP contribution in [0.5, 0.6) is 0 Å². The van der Waals surface area contributed by atoms with Crippen molar-refractivity contribution < 1.29 is 4.92 Å². The number of halogens is 1. The number of nitro benzene ring substituents is 1. The van der Waals surface area contributed by atoms with Crippen LogP contribution in [0.15, 0.2) is 36.4 Å². The van der Waals surface area contributed by atoms with E-state index in [1.807, 2.05) is 13.0 Å². The minimum absolute atomic E-state index is 0.140. The molecule has 0 fully saturated rings. The fraction of sp³-hybridized carbons (Fsp3) is 0.250. The fourth-order valence-electron chi connectivity index (χ4n) is 2.22. The van der Waals surface area contributed by atoms with Crippen molar-refractivity contribution >= 4 is 34.0 Å². The van der Waals surface area contributed by atoms with Crippen molar-refractivity contribution in [2.75, 3.05) is 5.32 Å². The monoisotopic (exact) mass is 396 g/mol. The molecule has 0 heterocycles. The molecular weight excluding hydrogens is 379 g/mol. The van der Waals surface area contributed by atoms with Crippen molar-refractivity contribution in [3.8, 4) is 0 Å². The lowest BCUT2D eigenvalue weighted by molar-refractivity contribution is -0.385. The lowest BCUT2D eigenvalue weighted by atomic mass is 10.1. The van der Waals surface area contributed by atoms with Gasteiger partial charge in [0, 0.05) is 26.9 Å². The highest BCUT2D eigenvalue weighted by Gasteiger charge is 2.14. The van der Waals surface area contributed by atoms with Gasteiger partial charge in [-0.2, -0.15) is 0 Å². The SMILES string of the molecule is Cc1cc([N+](=O)[O-])c(C)cc1NC(C)c1ccc(I)cc1. The first-order valence-electron chi connectivity index (χ1n) is 6.66. The van der Waals surface area contributed by atoms with Crippen molar-refractivity contribution in [1.29, 1.82) is 0 Å². The van der Waals surface area contributed by atoms with E-state index in [0.29, 0.717) is 5.56 Å². The van der Waals surface area contributed by atoms with Crippen molar-refractivity contribution in [2.45, 2.75) is 26.8 Å². The van der Waals surface area contributed by atoms with Crippen LogP contribution < -0.4 is 5.32 Å². The maximum absolute atomic E-state index is 10.9. The second-order valence-electron chi connectivity index (χ2n) is 5.13. The average Bonchev–Trinajstić information content (AvgIpc) is 2.42. The molecule has 0 bridgehead atoms. The molecule has 0 saturated carbocycles. The van der Waals surface area contributed by atoms with Gasteiger partial charge in [-0.25, -0.2) is 0 Å². The normalized spacial score (nSPS) is 12.0. The second-order valence-corrected chi connectivity index (χ2v) is 6.37. The van der Waals surface area contributed by atoms with E-state index >= 15 is 0 Å². The van der Waals surface area contributed by atoms with E-state index in [-0.39, 0.29) is 16.7 Å². The predicted molar refractivity (Wildman–Crippen MR) is 93.8 cm³/mol. The highest BCUT2D eigenvalue weighted by atomic mass is 127. The van der Waals surface area contributed by atoms with Gasteiger partial charge in [-0.15, -0.1) is 0 Å². The van der Waals surface area contributed by atoms with Crippen molar-refractivity contribution in [1.82, 2.24) is 0 Å². The highest BCUT2D eigenvalue weighted by molar-refractivity contribution is 14.1. The quantitative estimate of drug-likeness (QED) is 0.450. The molecule has 1 N–H and O–H groups in total. The van der Waals surface area contributed by atoms with Crippen LogP contribution in [0.1, 0.15) is 29.7 Å². The zero-order valence-corrected chi connectivity index (χ0v) is 14.3. The standard InChI is InChI=1S/C16H17IN2O2/c1-10-9-16(19(20)21)11(2)8-15(10)18-12(3)13-4-6-14(17)7-5-13/h4-9,12,18H,1-3H3. The number of aryl methyl sites for hydroxylation is 2. The minimum Gasteiger partial charge on any atom is -0.378 e. The molecular formula is C16H17IN2O2. The zero-order chi connectivity index (χ0) is 15.6. The maximum atomic E-state index is 10.9. The number of benzene rings is 2. The van der Waals surface area contributed by atoms with Crippen LogP contribution in [0.3, 0.4) is 0 Å². The molecule has 0 aromatic heterocycles. The zero-order valence-electron chi connectivity index (χ0n) is 12.2. The third-order valence-corrected chi connectivity index (χ3v) is 4.20. The van der Waals surface area contributed by atoms with E-state index in [2.05, 4.69) is 59.1 Å². The summed E-state index contributed by atoms with van der Waals surface area (Å²) in [6, 6.07) is 11.9. The van der Waals surface area contributed by atoms with Crippen LogP contribution in [0.2, 0.25) is 0 Å². The van der Waals surface area contributed by atoms with E-state index in [0.717, 1.165) is 11.3 Å². The Balaban J connectivity index is 2.25. The molecule has 1 unspecified atom stereocenters. The predicted octanol–water partition coefficient (Wildman–Crippen LogP) is 4.99. The van der Waals surface area contributed by atoms with Gasteiger partial charge in [0.1, 0.15) is 0 Å². The lowest BCUT2D eigenvalue weighted by Gasteiger charge is -2.18. The summed E-state index contributed by atoms with van der Waals surface area (Å²) in [5.41, 5.74) is 3.84. The Morgan fingerprint density at radius 2 is 1.76 bits per heavy atom. The third-order valence-electron chi connectivity index (χ3n) is 3.48. The summed E-state index contributed by atoms with van der Waals surface area (Å²) in [5.74, 6) is 0. The molecule has 2 rings (SSSR count). The molecule has 0 amide bonds. The maximum Gasteiger partial charge on any atom is 0.272 e. The molecule has 5 heteroatoms. The van der Waals surface area contributed by atoms with Crippen LogP contribution >= 0.6 is 22.6 Å². The molecule has 0 spiro atoms. The van der Waals surface area contributed by atoms with Gasteiger partial charge in [-0.3, -0.25) is 10.1 Å². The molecule has 0 radical (unpaired) electrons. The van der Waals surface area contributed by atoms with Crippen molar-refractivity contribution in [3.05, 3.63) is 66.8 Å². The van der Waals surface area contributed by atoms with Crippen LogP contribution in [-0.4, -0.2) is 4.92 Å². The number of rotatable bonds is 4. The average molecular weight is 396 g/mol. The first-order valence-corrected chi connectivity index (χ1v) is 7.74. The van der Waals surface area contributed by atoms with Gasteiger partial charge in [-0.05, 0) is 72.7 Å². The van der Waals surface area contributed by atoms with Gasteiger partial charge in [-0.1, -0.05) is 12.1 Å². The van der Waals surface area contributed by atoms with Crippen LogP contribution in [0.25, 0.3) is 0 Å². The van der Waals surface area contributed by atoms with Gasteiger partial charge >= 0.3 is 0 Å². The molecule has 0 aliphatic carbocycles. The molecule has 0 saturated heterocycles. The lowest BCUT2D eigenvalue weighted by Crippen LogP contribution is -2.08. The number of hydrogen-bond acceptors (Lipinski definition) is 3. The Kier molecular flexibility index (Phi) is 4.82. The minimum atomic E-state index is -0.339. The molecule has 1 atom stereocenters. The summed E-state index contributed by atoms with van der Waals surface area (Å²) in [6.07, 6.45) is 0. The van der Waals surface area contributed by atoms with Crippen LogP contribution in [0, 0.1) is 27.5 Å². The largest absolute Gasteiger partial charge is 0.378 e. The number of nitro groups is 1. The van der Waals surface area contributed by atoms with Crippen molar-refractivity contribution in [3.63, 3.8) is 0 Å². The van der Waals surface area contributed by atoms with Gasteiger partial charge in [0.05, 0.1) is 4.92 Å². The molecule has 0 aliphatic heterocycles. The Morgan fingerprint density at radius 3 is 2.33 bits per heavy atom. The molecule has 2 aromatic carbocycles. The second kappa shape index (κ2) is 6.43. The van der Waals surface area contributed by atoms with Gasteiger partial charge in [0.15, 0.2) is 0 Å². The van der Waals surface area contributed by atoms with Crippen LogP contribution in [-0.2, 0) is 0 Å². The number of nitrogens with zero attached hydrogens (tertiary/aromatic N) is 1. The summed E-state index contributed by atoms with van der Waals surface area (Å²) in [6.45, 7) is 5.73. The highest BCUT2D eigenvalue weighted by Crippen LogP contribution is 2.28. The Hall–Kier alpha value is -1.63. The molecule has 4 nitrogen and oxygen atoms in total. The molecule has 110 valence electrons. The van der Waals surface area contributed by atoms with E-state index in [1.165, 1.54) is 9.13 Å². The van der Waals surface area contributed by atoms with E-state index in [9.17, 15) is 10.1 Å². The third kappa shape index (κ3) is 3.72. The smallest absolute Gasteiger partial charge is 0.272 e. The first kappa shape index (κ1) is 15.8. The number of anilines is 1. The van der Waals surface area contributed by atoms with Gasteiger partial charge < -0.3 is 5.32 Å². The Morgan fingerprint density at radius 1 is 1.14 bits per heavy atom. The first-order chi connectivity index (χ1) is 9.88. The summed E-state index contributed by atoms with van der Waals surface area (Å²) in [4.78, 5) is 10.6. The van der Waals surface area contributed by atoms with Gasteiger partial charge in [0.2, 0.25) is 0 Å². The summed E-state index contributed by atoms with van der Waals surface area (Å²) < 4.78 is 1.20. The number of nitrogens with one attached hydrogen (secondary N) is 1. The molecule has 21 heavy (non-hydrogen) atoms. The van der Waals surface area contributed by atoms with Crippen LogP contribution in [0.4, 0.5) is 11.4 Å². The summed E-state index contributed by atoms with van der Waals surface area (Å²) in [7, 11) is 0. The van der Waals surface area contributed by atoms with Crippen molar-refractivity contribution in [2.24, 2.45) is 0 Å². The van der Waals surface area contributed by atoms with E-state index < -0.39 is 0 Å². The fourth-order valence-corrected chi connectivity index (χ4v) is 2.58. The summed E-state index contributed by atoms with van der Waals surface area (Å²) >= 11 is 2.28. The van der Waals surface area contributed by atoms with Gasteiger partial charge in [0.25, 0.3) is 5.69 Å². The van der Waals surface area contributed by atoms with E-state index in [1.54, 1.807) is 13.0 Å². The molecule has 2 aromatic rings. The Bertz CT molecular complexity index is 669. The summed E-state index contributed by atoms with van der Waals surface area (Å²) in [5, 5.41) is 14.4. The topological polar surface area (TPSA) is 55.2 Å².